The standard InChI is InChI=1S/C24H25N5O4S/c1-14-5-7-16(8-6-14)12-28-21(26-17-9-10-18-19(11-17)34-15(2)25-18)27-22(32)29(23(28)33)13-24(3,4)20(30)31/h5-11H,12-13H2,1-4H3,(H,30,31)(H,26,27,32). The first-order chi connectivity index (χ1) is 16.0. The molecule has 10 heteroatoms. The quantitative estimate of drug-likeness (QED) is 0.440. The summed E-state index contributed by atoms with van der Waals surface area (Å²) in [5, 5.41) is 10.4. The molecule has 0 fully saturated rings. The average Bonchev–Trinajstić information content (AvgIpc) is 3.14. The van der Waals surface area contributed by atoms with Gasteiger partial charge >= 0.3 is 17.3 Å². The van der Waals surface area contributed by atoms with Crippen LogP contribution in [-0.2, 0) is 17.9 Å². The maximum absolute atomic E-state index is 13.4. The summed E-state index contributed by atoms with van der Waals surface area (Å²) in [5.74, 6) is -1.11. The number of fused-ring (bicyclic) bond motifs is 1. The van der Waals surface area contributed by atoms with Crippen LogP contribution in [0.25, 0.3) is 10.2 Å². The van der Waals surface area contributed by atoms with Crippen molar-refractivity contribution in [3.8, 4) is 0 Å². The number of aryl methyl sites for hydroxylation is 2. The van der Waals surface area contributed by atoms with Crippen LogP contribution >= 0.6 is 11.3 Å². The molecule has 0 unspecified atom stereocenters. The van der Waals surface area contributed by atoms with Gasteiger partial charge in [0.1, 0.15) is 0 Å². The van der Waals surface area contributed by atoms with Gasteiger partial charge < -0.3 is 5.11 Å². The first-order valence-corrected chi connectivity index (χ1v) is 11.5. The summed E-state index contributed by atoms with van der Waals surface area (Å²) in [6.45, 7) is 6.70. The van der Waals surface area contributed by atoms with Crippen LogP contribution in [0.1, 0.15) is 30.0 Å². The predicted octanol–water partition coefficient (Wildman–Crippen LogP) is 2.96. The van der Waals surface area contributed by atoms with E-state index in [1.165, 1.54) is 29.8 Å². The number of hydrogen-bond donors (Lipinski definition) is 2. The van der Waals surface area contributed by atoms with Crippen molar-refractivity contribution in [2.45, 2.75) is 40.8 Å². The maximum Gasteiger partial charge on any atom is 0.335 e. The Morgan fingerprint density at radius 3 is 2.50 bits per heavy atom. The van der Waals surface area contributed by atoms with Crippen LogP contribution in [0.15, 0.2) is 57.0 Å². The SMILES string of the molecule is Cc1ccc(Cn2c(=O)n(CC(C)(C)C(=O)O)c(=O)[nH]/c2=N\c2ccc3nc(C)sc3c2)cc1. The Labute approximate surface area is 198 Å². The van der Waals surface area contributed by atoms with Gasteiger partial charge in [0.25, 0.3) is 0 Å². The molecule has 0 spiro atoms. The third-order valence-corrected chi connectivity index (χ3v) is 6.42. The van der Waals surface area contributed by atoms with Gasteiger partial charge in [-0.3, -0.25) is 14.3 Å². The van der Waals surface area contributed by atoms with Crippen molar-refractivity contribution in [2.75, 3.05) is 0 Å². The number of aromatic nitrogens is 4. The minimum Gasteiger partial charge on any atom is -0.481 e. The van der Waals surface area contributed by atoms with E-state index in [2.05, 4.69) is 15.0 Å². The third kappa shape index (κ3) is 4.76. The van der Waals surface area contributed by atoms with Crippen LogP contribution in [0.3, 0.4) is 0 Å². The van der Waals surface area contributed by atoms with E-state index >= 15 is 0 Å². The van der Waals surface area contributed by atoms with Crippen LogP contribution < -0.4 is 17.0 Å². The molecule has 2 aromatic carbocycles. The number of H-pyrrole nitrogens is 1. The van der Waals surface area contributed by atoms with Crippen molar-refractivity contribution >= 4 is 33.2 Å². The van der Waals surface area contributed by atoms with Crippen LogP contribution in [0, 0.1) is 19.3 Å². The average molecular weight is 480 g/mol. The highest BCUT2D eigenvalue weighted by Crippen LogP contribution is 2.25. The van der Waals surface area contributed by atoms with E-state index in [-0.39, 0.29) is 18.7 Å². The highest BCUT2D eigenvalue weighted by atomic mass is 32.1. The molecule has 0 atom stereocenters. The summed E-state index contributed by atoms with van der Waals surface area (Å²) >= 11 is 1.53. The Kier molecular flexibility index (Phi) is 6.09. The molecule has 0 aliphatic carbocycles. The molecule has 4 aromatic rings. The largest absolute Gasteiger partial charge is 0.481 e. The molecule has 2 N–H and O–H groups in total. The number of rotatable bonds is 6. The molecule has 176 valence electrons. The second-order valence-electron chi connectivity index (χ2n) is 8.88. The molecule has 0 saturated heterocycles. The highest BCUT2D eigenvalue weighted by molar-refractivity contribution is 7.18. The monoisotopic (exact) mass is 479 g/mol. The van der Waals surface area contributed by atoms with Crippen molar-refractivity contribution in [1.29, 1.82) is 0 Å². The van der Waals surface area contributed by atoms with Crippen LogP contribution in [0.4, 0.5) is 5.69 Å². The van der Waals surface area contributed by atoms with Gasteiger partial charge in [-0.05, 0) is 51.5 Å². The van der Waals surface area contributed by atoms with Gasteiger partial charge in [0.05, 0.1) is 32.9 Å². The molecule has 0 aliphatic heterocycles. The Morgan fingerprint density at radius 1 is 1.12 bits per heavy atom. The number of aromatic amines is 1. The van der Waals surface area contributed by atoms with E-state index < -0.39 is 22.8 Å². The molecule has 0 amide bonds. The lowest BCUT2D eigenvalue weighted by Gasteiger charge is -2.20. The number of aliphatic carboxylic acids is 1. The number of thiazole rings is 1. The zero-order valence-corrected chi connectivity index (χ0v) is 20.1. The Balaban J connectivity index is 1.91. The molecular weight excluding hydrogens is 454 g/mol. The number of carboxylic acids is 1. The van der Waals surface area contributed by atoms with Gasteiger partial charge in [-0.1, -0.05) is 29.8 Å². The van der Waals surface area contributed by atoms with E-state index in [0.717, 1.165) is 30.9 Å². The molecule has 0 radical (unpaired) electrons. The van der Waals surface area contributed by atoms with E-state index in [4.69, 9.17) is 0 Å². The number of carboxylic acid groups (broad SMARTS) is 1. The minimum absolute atomic E-state index is 0.0838. The van der Waals surface area contributed by atoms with Crippen molar-refractivity contribution in [3.05, 3.63) is 85.2 Å². The lowest BCUT2D eigenvalue weighted by atomic mass is 9.94. The summed E-state index contributed by atoms with van der Waals surface area (Å²) < 4.78 is 3.21. The van der Waals surface area contributed by atoms with E-state index in [0.29, 0.717) is 5.69 Å². The van der Waals surface area contributed by atoms with Crippen molar-refractivity contribution < 1.29 is 9.90 Å². The molecule has 0 aliphatic rings. The Bertz CT molecular complexity index is 1570. The number of carbonyl (C=O) groups is 1. The zero-order valence-electron chi connectivity index (χ0n) is 19.3. The smallest absolute Gasteiger partial charge is 0.335 e. The number of benzene rings is 2. The number of nitrogens with one attached hydrogen (secondary N) is 1. The van der Waals surface area contributed by atoms with Crippen LogP contribution in [0.5, 0.6) is 0 Å². The third-order valence-electron chi connectivity index (χ3n) is 5.49. The lowest BCUT2D eigenvalue weighted by Crippen LogP contribution is -2.52. The zero-order chi connectivity index (χ0) is 24.6. The number of nitrogens with zero attached hydrogens (tertiary/aromatic N) is 4. The minimum atomic E-state index is -1.31. The molecule has 0 saturated carbocycles. The molecule has 34 heavy (non-hydrogen) atoms. The van der Waals surface area contributed by atoms with Crippen LogP contribution in [0.2, 0.25) is 0 Å². The molecular formula is C24H25N5O4S. The van der Waals surface area contributed by atoms with Gasteiger partial charge in [-0.2, -0.15) is 0 Å². The second-order valence-corrected chi connectivity index (χ2v) is 10.1. The van der Waals surface area contributed by atoms with Gasteiger partial charge in [-0.15, -0.1) is 11.3 Å². The van der Waals surface area contributed by atoms with Gasteiger partial charge in [0.15, 0.2) is 0 Å². The Hall–Kier alpha value is -3.79. The van der Waals surface area contributed by atoms with Gasteiger partial charge in [0.2, 0.25) is 5.62 Å². The topological polar surface area (TPSA) is 122 Å². The fraction of sp³-hybridized carbons (Fsp3) is 0.292. The van der Waals surface area contributed by atoms with E-state index in [1.54, 1.807) is 6.07 Å². The Morgan fingerprint density at radius 2 is 1.82 bits per heavy atom. The molecule has 9 nitrogen and oxygen atoms in total. The lowest BCUT2D eigenvalue weighted by molar-refractivity contribution is -0.147. The summed E-state index contributed by atoms with van der Waals surface area (Å²) in [7, 11) is 0. The molecule has 2 heterocycles. The fourth-order valence-corrected chi connectivity index (χ4v) is 4.34. The fourth-order valence-electron chi connectivity index (χ4n) is 3.48. The van der Waals surface area contributed by atoms with Crippen molar-refractivity contribution in [2.24, 2.45) is 10.4 Å². The summed E-state index contributed by atoms with van der Waals surface area (Å²) in [6, 6.07) is 13.1. The van der Waals surface area contributed by atoms with Crippen molar-refractivity contribution in [3.63, 3.8) is 0 Å². The molecule has 0 bridgehead atoms. The van der Waals surface area contributed by atoms with Crippen LogP contribution in [-0.4, -0.2) is 30.2 Å². The van der Waals surface area contributed by atoms with Gasteiger partial charge in [-0.25, -0.2) is 24.1 Å². The highest BCUT2D eigenvalue weighted by Gasteiger charge is 2.29. The maximum atomic E-state index is 13.4. The van der Waals surface area contributed by atoms with E-state index in [9.17, 15) is 19.5 Å². The second kappa shape index (κ2) is 8.86. The normalized spacial score (nSPS) is 12.4. The first kappa shape index (κ1) is 23.4. The summed E-state index contributed by atoms with van der Waals surface area (Å²) in [4.78, 5) is 49.6. The summed E-state index contributed by atoms with van der Waals surface area (Å²) in [6.07, 6.45) is 0. The van der Waals surface area contributed by atoms with E-state index in [1.807, 2.05) is 50.2 Å². The summed E-state index contributed by atoms with van der Waals surface area (Å²) in [5.41, 5.74) is 0.760. The molecule has 4 rings (SSSR count). The predicted molar refractivity (Wildman–Crippen MR) is 131 cm³/mol. The molecule has 2 aromatic heterocycles. The first-order valence-electron chi connectivity index (χ1n) is 10.7. The van der Waals surface area contributed by atoms with Gasteiger partial charge in [0, 0.05) is 6.54 Å². The van der Waals surface area contributed by atoms with Crippen molar-refractivity contribution in [1.82, 2.24) is 19.1 Å². The number of hydrogen-bond acceptors (Lipinski definition) is 6.